The van der Waals surface area contributed by atoms with Crippen LogP contribution in [0.3, 0.4) is 0 Å². The van der Waals surface area contributed by atoms with E-state index in [1.807, 2.05) is 32.2 Å². The number of likely N-dealkylation sites (N-methyl/N-ethyl adjacent to an activating group) is 2. The Hall–Kier alpha value is -5.47. The van der Waals surface area contributed by atoms with Gasteiger partial charge >= 0.3 is 5.97 Å². The number of carbonyl (C=O) groups excluding carboxylic acids is 4. The number of hydrogen-bond acceptors (Lipinski definition) is 10. The van der Waals surface area contributed by atoms with Gasteiger partial charge in [0.05, 0.1) is 12.3 Å². The number of fused-ring (bicyclic) bond motifs is 6. The number of piperazine rings is 1. The van der Waals surface area contributed by atoms with Crippen molar-refractivity contribution in [2.45, 2.75) is 85.0 Å². The van der Waals surface area contributed by atoms with E-state index in [1.165, 1.54) is 17.0 Å². The lowest BCUT2D eigenvalue weighted by Gasteiger charge is -2.36. The molecule has 60 heavy (non-hydrogen) atoms. The van der Waals surface area contributed by atoms with Crippen LogP contribution in [0.1, 0.15) is 58.6 Å². The molecule has 3 amide bonds. The Morgan fingerprint density at radius 3 is 2.48 bits per heavy atom. The molecule has 3 atom stereocenters. The van der Waals surface area contributed by atoms with E-state index in [0.717, 1.165) is 70.8 Å². The first kappa shape index (κ1) is 42.6. The van der Waals surface area contributed by atoms with Crippen molar-refractivity contribution in [3.8, 4) is 28.1 Å². The zero-order valence-electron chi connectivity index (χ0n) is 36.0. The molecule has 5 heterocycles. The second-order valence-corrected chi connectivity index (χ2v) is 17.9. The maximum atomic E-state index is 14.4. The van der Waals surface area contributed by atoms with Crippen LogP contribution in [-0.4, -0.2) is 125 Å². The highest BCUT2D eigenvalue weighted by atomic mass is 16.5. The minimum Gasteiger partial charge on any atom is -0.508 e. The van der Waals surface area contributed by atoms with Crippen LogP contribution >= 0.6 is 0 Å². The van der Waals surface area contributed by atoms with Gasteiger partial charge < -0.3 is 34.4 Å². The molecular formula is C46H60N8O6. The number of hydrogen-bond donors (Lipinski definition) is 3. The van der Waals surface area contributed by atoms with E-state index in [2.05, 4.69) is 77.2 Å². The fourth-order valence-electron chi connectivity index (χ4n) is 9.06. The average molecular weight is 821 g/mol. The predicted octanol–water partition coefficient (Wildman–Crippen LogP) is 4.61. The summed E-state index contributed by atoms with van der Waals surface area (Å²) in [4.78, 5) is 64.7. The number of aromatic nitrogens is 2. The number of hydrazine groups is 1. The van der Waals surface area contributed by atoms with Crippen molar-refractivity contribution in [2.24, 2.45) is 11.3 Å². The van der Waals surface area contributed by atoms with Crippen molar-refractivity contribution in [2.75, 3.05) is 58.3 Å². The Morgan fingerprint density at radius 2 is 1.80 bits per heavy atom. The lowest BCUT2D eigenvalue weighted by molar-refractivity contribution is -0.155. The van der Waals surface area contributed by atoms with E-state index in [9.17, 15) is 24.3 Å². The van der Waals surface area contributed by atoms with E-state index in [0.29, 0.717) is 44.3 Å². The van der Waals surface area contributed by atoms with E-state index in [-0.39, 0.29) is 24.7 Å². The minimum atomic E-state index is -1.08. The Kier molecular flexibility index (Phi) is 12.5. The number of phenols is 1. The molecule has 2 aromatic carbocycles. The maximum absolute atomic E-state index is 14.4. The van der Waals surface area contributed by atoms with Gasteiger partial charge in [0, 0.05) is 80.8 Å². The molecule has 14 nitrogen and oxygen atoms in total. The summed E-state index contributed by atoms with van der Waals surface area (Å²) < 4.78 is 8.40. The minimum absolute atomic E-state index is 0.0221. The molecule has 320 valence electrons. The van der Waals surface area contributed by atoms with Crippen LogP contribution in [0.2, 0.25) is 0 Å². The third-order valence-electron chi connectivity index (χ3n) is 12.2. The van der Waals surface area contributed by atoms with Crippen molar-refractivity contribution in [3.63, 3.8) is 0 Å². The molecule has 0 radical (unpaired) electrons. The first-order chi connectivity index (χ1) is 28.7. The van der Waals surface area contributed by atoms with Gasteiger partial charge in [0.25, 0.3) is 5.91 Å². The van der Waals surface area contributed by atoms with Crippen molar-refractivity contribution >= 4 is 40.9 Å². The zero-order chi connectivity index (χ0) is 42.9. The first-order valence-corrected chi connectivity index (χ1v) is 21.3. The Morgan fingerprint density at radius 1 is 1.05 bits per heavy atom. The molecule has 1 unspecified atom stereocenters. The number of benzene rings is 2. The molecule has 3 N–H and O–H groups in total. The molecule has 2 fully saturated rings. The summed E-state index contributed by atoms with van der Waals surface area (Å²) in [6.07, 6.45) is 4.23. The van der Waals surface area contributed by atoms with E-state index < -0.39 is 41.3 Å². The highest BCUT2D eigenvalue weighted by Crippen LogP contribution is 2.40. The van der Waals surface area contributed by atoms with Gasteiger partial charge in [-0.1, -0.05) is 39.8 Å². The first-order valence-electron chi connectivity index (χ1n) is 21.3. The van der Waals surface area contributed by atoms with Crippen LogP contribution < -0.4 is 15.6 Å². The summed E-state index contributed by atoms with van der Waals surface area (Å²) in [5, 5.41) is 16.6. The van der Waals surface area contributed by atoms with E-state index in [4.69, 9.17) is 9.72 Å². The molecule has 2 aromatic heterocycles. The van der Waals surface area contributed by atoms with Crippen molar-refractivity contribution in [1.82, 2.24) is 35.1 Å². The number of ether oxygens (including phenoxy) is 1. The topological polar surface area (TPSA) is 153 Å². The molecular weight excluding hydrogens is 761 g/mol. The Balaban J connectivity index is 1.34. The SMILES string of the molecule is CCn1c(-c2ccc(N3CCN(C)CC3)nc2)c2c3cc(ccc31)-c1cc(O)cc(c1)C[C@H](NC(=O)C(C(C)C)N(C)C=O)C(=O)N1CCC[C@H](N1)C(=O)OCC(C)(C)C2. The second-order valence-electron chi connectivity index (χ2n) is 17.9. The molecule has 0 spiro atoms. The third-order valence-corrected chi connectivity index (χ3v) is 12.2. The summed E-state index contributed by atoms with van der Waals surface area (Å²) in [5.41, 5.74) is 9.10. The molecule has 0 aliphatic carbocycles. The quantitative estimate of drug-likeness (QED) is 0.170. The van der Waals surface area contributed by atoms with E-state index >= 15 is 0 Å². The monoisotopic (exact) mass is 820 g/mol. The molecule has 3 aliphatic rings. The molecule has 4 aromatic rings. The van der Waals surface area contributed by atoms with Crippen molar-refractivity contribution in [1.29, 1.82) is 0 Å². The van der Waals surface area contributed by atoms with Crippen molar-refractivity contribution in [3.05, 3.63) is 65.9 Å². The number of aryl methyl sites for hydroxylation is 1. The van der Waals surface area contributed by atoms with Crippen LogP contribution in [-0.2, 0) is 43.3 Å². The van der Waals surface area contributed by atoms with Gasteiger partial charge in [0.1, 0.15) is 29.7 Å². The highest BCUT2D eigenvalue weighted by molar-refractivity contribution is 5.95. The van der Waals surface area contributed by atoms with Gasteiger partial charge in [-0.05, 0) is 97.8 Å². The molecule has 3 aliphatic heterocycles. The van der Waals surface area contributed by atoms with Crippen LogP contribution in [0, 0.1) is 11.3 Å². The molecule has 14 heteroatoms. The summed E-state index contributed by atoms with van der Waals surface area (Å²) in [6, 6.07) is 13.2. The summed E-state index contributed by atoms with van der Waals surface area (Å²) in [6.45, 7) is 15.0. The van der Waals surface area contributed by atoms with Crippen LogP contribution in [0.15, 0.2) is 54.7 Å². The number of aromatic hydroxyl groups is 1. The molecule has 0 saturated carbocycles. The van der Waals surface area contributed by atoms with Gasteiger partial charge in [0.15, 0.2) is 0 Å². The van der Waals surface area contributed by atoms with Crippen molar-refractivity contribution < 1.29 is 29.0 Å². The fraction of sp³-hybridized carbons (Fsp3) is 0.500. The zero-order valence-corrected chi connectivity index (χ0v) is 36.0. The number of carbonyl (C=O) groups is 4. The van der Waals surface area contributed by atoms with Crippen LogP contribution in [0.25, 0.3) is 33.3 Å². The highest BCUT2D eigenvalue weighted by Gasteiger charge is 2.37. The number of phenolic OH excluding ortho intramolecular Hbond substituents is 1. The lowest BCUT2D eigenvalue weighted by Crippen LogP contribution is -2.61. The smallest absolute Gasteiger partial charge is 0.324 e. The lowest BCUT2D eigenvalue weighted by atomic mass is 9.84. The largest absolute Gasteiger partial charge is 0.508 e. The summed E-state index contributed by atoms with van der Waals surface area (Å²) in [7, 11) is 3.68. The molecule has 2 saturated heterocycles. The number of nitrogens with zero attached hydrogens (tertiary/aromatic N) is 6. The standard InChI is InChI=1S/C46H60N8O6/c1-8-53-39-13-11-31-24-35(39)36(42(53)32-12-14-40(47-26-32)52-18-16-50(6)17-19-52)25-46(4,5)27-60-45(59)37-10-9-15-54(49-37)44(58)38(22-30-20-33(31)23-34(56)21-30)48-43(57)41(29(2)3)51(7)28-55/h11-14,20-21,23-24,26,28-29,37-38,41,49,56H,8-10,15-19,22,25,27H2,1-7H3,(H,48,57)/t37-,38-,41?/m0/s1. The van der Waals surface area contributed by atoms with E-state index in [1.54, 1.807) is 12.1 Å². The number of anilines is 1. The van der Waals surface area contributed by atoms with Gasteiger partial charge in [0.2, 0.25) is 12.3 Å². The van der Waals surface area contributed by atoms with Gasteiger partial charge in [-0.3, -0.25) is 24.2 Å². The fourth-order valence-corrected chi connectivity index (χ4v) is 9.06. The second kappa shape index (κ2) is 17.6. The third kappa shape index (κ3) is 8.99. The Bertz CT molecular complexity index is 2230. The van der Waals surface area contributed by atoms with Gasteiger partial charge in [-0.15, -0.1) is 0 Å². The molecule has 6 bridgehead atoms. The summed E-state index contributed by atoms with van der Waals surface area (Å²) >= 11 is 0. The molecule has 7 rings (SSSR count). The Labute approximate surface area is 352 Å². The number of pyridine rings is 1. The number of esters is 1. The maximum Gasteiger partial charge on any atom is 0.324 e. The average Bonchev–Trinajstić information content (AvgIpc) is 3.53. The van der Waals surface area contributed by atoms with Gasteiger partial charge in [-0.2, -0.15) is 0 Å². The number of rotatable bonds is 8. The number of nitrogens with one attached hydrogen (secondary N) is 2. The predicted molar refractivity (Wildman–Crippen MR) is 232 cm³/mol. The van der Waals surface area contributed by atoms with Crippen LogP contribution in [0.4, 0.5) is 5.82 Å². The number of cyclic esters (lactones) is 1. The number of amides is 3. The summed E-state index contributed by atoms with van der Waals surface area (Å²) in [5.74, 6) is -0.619. The van der Waals surface area contributed by atoms with Gasteiger partial charge in [-0.25, -0.2) is 10.4 Å². The normalized spacial score (nSPS) is 20.7. The van der Waals surface area contributed by atoms with Crippen LogP contribution in [0.5, 0.6) is 5.75 Å².